The maximum atomic E-state index is 12.7. The van der Waals surface area contributed by atoms with Crippen molar-refractivity contribution in [3.8, 4) is 11.3 Å². The molecule has 2 aromatic heterocycles. The third-order valence-corrected chi connectivity index (χ3v) is 4.92. The molecule has 0 radical (unpaired) electrons. The lowest BCUT2D eigenvalue weighted by Gasteiger charge is -2.31. The third-order valence-electron chi connectivity index (χ3n) is 4.92. The fourth-order valence-electron chi connectivity index (χ4n) is 3.36. The van der Waals surface area contributed by atoms with Gasteiger partial charge in [0.1, 0.15) is 0 Å². The molecule has 1 amide bonds. The summed E-state index contributed by atoms with van der Waals surface area (Å²) in [5.41, 5.74) is 3.64. The highest BCUT2D eigenvalue weighted by Crippen LogP contribution is 2.24. The highest BCUT2D eigenvalue weighted by molar-refractivity contribution is 5.93. The number of amides is 1. The lowest BCUT2D eigenvalue weighted by atomic mass is 9.95. The maximum Gasteiger partial charge on any atom is 0.227 e. The van der Waals surface area contributed by atoms with E-state index in [0.717, 1.165) is 54.4 Å². The van der Waals surface area contributed by atoms with Crippen LogP contribution in [-0.2, 0) is 4.79 Å². The largest absolute Gasteiger partial charge is 0.355 e. The molecule has 138 valence electrons. The zero-order valence-electron chi connectivity index (χ0n) is 15.2. The highest BCUT2D eigenvalue weighted by Gasteiger charge is 2.25. The van der Waals surface area contributed by atoms with Crippen molar-refractivity contribution in [1.29, 1.82) is 0 Å². The van der Waals surface area contributed by atoms with Crippen molar-refractivity contribution in [3.63, 3.8) is 0 Å². The first-order chi connectivity index (χ1) is 13.2. The van der Waals surface area contributed by atoms with Gasteiger partial charge in [-0.3, -0.25) is 9.89 Å². The van der Waals surface area contributed by atoms with Crippen LogP contribution in [-0.4, -0.2) is 39.4 Å². The first-order valence-corrected chi connectivity index (χ1v) is 9.15. The summed E-state index contributed by atoms with van der Waals surface area (Å²) in [7, 11) is 0. The van der Waals surface area contributed by atoms with Crippen LogP contribution >= 0.6 is 0 Å². The fourth-order valence-corrected chi connectivity index (χ4v) is 3.36. The van der Waals surface area contributed by atoms with E-state index in [-0.39, 0.29) is 11.8 Å². The molecule has 27 heavy (non-hydrogen) atoms. The number of carbonyl (C=O) groups excluding carboxylic acids is 1. The predicted octanol–water partition coefficient (Wildman–Crippen LogP) is 3.03. The summed E-state index contributed by atoms with van der Waals surface area (Å²) in [6.07, 6.45) is 3.33. The van der Waals surface area contributed by atoms with Gasteiger partial charge in [-0.1, -0.05) is 12.1 Å². The molecule has 4 rings (SSSR count). The van der Waals surface area contributed by atoms with Crippen molar-refractivity contribution in [3.05, 3.63) is 54.4 Å². The Hall–Kier alpha value is -3.22. The number of hydrogen-bond acceptors (Lipinski definition) is 5. The van der Waals surface area contributed by atoms with Gasteiger partial charge in [0, 0.05) is 36.5 Å². The topological polar surface area (TPSA) is 86.8 Å². The predicted molar refractivity (Wildman–Crippen MR) is 104 cm³/mol. The SMILES string of the molecule is Cc1ccc(N2CCC(C(=O)Nc3cccc(-c4ccn[nH]4)c3)CC2)nn1. The van der Waals surface area contributed by atoms with E-state index in [9.17, 15) is 4.79 Å². The second-order valence-electron chi connectivity index (χ2n) is 6.83. The van der Waals surface area contributed by atoms with Crippen LogP contribution in [0.5, 0.6) is 0 Å². The minimum atomic E-state index is 0.00969. The number of benzene rings is 1. The lowest BCUT2D eigenvalue weighted by Crippen LogP contribution is -2.38. The third kappa shape index (κ3) is 3.97. The summed E-state index contributed by atoms with van der Waals surface area (Å²) >= 11 is 0. The molecule has 1 aliphatic rings. The number of anilines is 2. The average Bonchev–Trinajstić information content (AvgIpc) is 3.24. The number of carbonyl (C=O) groups is 1. The Balaban J connectivity index is 1.36. The normalized spacial score (nSPS) is 14.9. The summed E-state index contributed by atoms with van der Waals surface area (Å²) in [6.45, 7) is 3.54. The zero-order chi connectivity index (χ0) is 18.6. The first-order valence-electron chi connectivity index (χ1n) is 9.15. The van der Waals surface area contributed by atoms with E-state index in [1.807, 2.05) is 49.4 Å². The van der Waals surface area contributed by atoms with Gasteiger partial charge in [-0.2, -0.15) is 10.2 Å². The molecule has 7 heteroatoms. The standard InChI is InChI=1S/C20H22N6O/c1-14-5-6-19(25-23-14)26-11-8-15(9-12-26)20(27)22-17-4-2-3-16(13-17)18-7-10-21-24-18/h2-7,10,13,15H,8-9,11-12H2,1H3,(H,21,24)(H,22,27). The Morgan fingerprint density at radius 3 is 2.70 bits per heavy atom. The van der Waals surface area contributed by atoms with Crippen LogP contribution in [0.2, 0.25) is 0 Å². The number of piperidine rings is 1. The smallest absolute Gasteiger partial charge is 0.227 e. The molecule has 0 unspecified atom stereocenters. The summed E-state index contributed by atoms with van der Waals surface area (Å²) in [5.74, 6) is 0.966. The molecule has 3 heterocycles. The number of nitrogens with zero attached hydrogens (tertiary/aromatic N) is 4. The second kappa shape index (κ2) is 7.57. The zero-order valence-corrected chi connectivity index (χ0v) is 15.2. The molecule has 0 aliphatic carbocycles. The Bertz CT molecular complexity index is 898. The van der Waals surface area contributed by atoms with E-state index >= 15 is 0 Å². The van der Waals surface area contributed by atoms with Gasteiger partial charge in [-0.25, -0.2) is 0 Å². The van der Waals surface area contributed by atoms with Crippen molar-refractivity contribution in [2.45, 2.75) is 19.8 Å². The highest BCUT2D eigenvalue weighted by atomic mass is 16.1. The van der Waals surface area contributed by atoms with Gasteiger partial charge in [0.2, 0.25) is 5.91 Å². The van der Waals surface area contributed by atoms with Gasteiger partial charge in [0.05, 0.1) is 11.4 Å². The maximum absolute atomic E-state index is 12.7. The molecule has 1 fully saturated rings. The molecule has 0 spiro atoms. The Labute approximate surface area is 157 Å². The van der Waals surface area contributed by atoms with Crippen molar-refractivity contribution < 1.29 is 4.79 Å². The lowest BCUT2D eigenvalue weighted by molar-refractivity contribution is -0.120. The van der Waals surface area contributed by atoms with E-state index in [1.54, 1.807) is 6.20 Å². The van der Waals surface area contributed by atoms with Gasteiger partial charge < -0.3 is 10.2 Å². The van der Waals surface area contributed by atoms with Crippen LogP contribution in [0.15, 0.2) is 48.7 Å². The molecule has 0 saturated carbocycles. The van der Waals surface area contributed by atoms with Gasteiger partial charge in [-0.15, -0.1) is 5.10 Å². The van der Waals surface area contributed by atoms with E-state index < -0.39 is 0 Å². The van der Waals surface area contributed by atoms with Crippen molar-refractivity contribution >= 4 is 17.4 Å². The van der Waals surface area contributed by atoms with E-state index in [0.29, 0.717) is 0 Å². The number of aromatic amines is 1. The minimum absolute atomic E-state index is 0.00969. The number of H-pyrrole nitrogens is 1. The molecule has 0 bridgehead atoms. The van der Waals surface area contributed by atoms with Gasteiger partial charge in [-0.05, 0) is 50.1 Å². The number of aromatic nitrogens is 4. The van der Waals surface area contributed by atoms with Crippen LogP contribution in [0, 0.1) is 12.8 Å². The molecule has 7 nitrogen and oxygen atoms in total. The van der Waals surface area contributed by atoms with Crippen molar-refractivity contribution in [2.75, 3.05) is 23.3 Å². The summed E-state index contributed by atoms with van der Waals surface area (Å²) < 4.78 is 0. The molecule has 3 aromatic rings. The van der Waals surface area contributed by atoms with E-state index in [4.69, 9.17) is 0 Å². The number of hydrogen-bond donors (Lipinski definition) is 2. The number of aryl methyl sites for hydroxylation is 1. The first kappa shape index (κ1) is 17.2. The molecule has 1 saturated heterocycles. The Morgan fingerprint density at radius 1 is 1.15 bits per heavy atom. The monoisotopic (exact) mass is 362 g/mol. The number of nitrogens with one attached hydrogen (secondary N) is 2. The Morgan fingerprint density at radius 2 is 2.00 bits per heavy atom. The molecule has 2 N–H and O–H groups in total. The van der Waals surface area contributed by atoms with Gasteiger partial charge in [0.15, 0.2) is 5.82 Å². The Kier molecular flexibility index (Phi) is 4.82. The van der Waals surface area contributed by atoms with Crippen LogP contribution in [0.25, 0.3) is 11.3 Å². The van der Waals surface area contributed by atoms with Crippen molar-refractivity contribution in [2.24, 2.45) is 5.92 Å². The number of rotatable bonds is 4. The molecule has 1 aliphatic heterocycles. The van der Waals surface area contributed by atoms with Gasteiger partial charge >= 0.3 is 0 Å². The fraction of sp³-hybridized carbons (Fsp3) is 0.300. The molecule has 0 atom stereocenters. The van der Waals surface area contributed by atoms with Crippen LogP contribution in [0.3, 0.4) is 0 Å². The van der Waals surface area contributed by atoms with Crippen LogP contribution in [0.4, 0.5) is 11.5 Å². The van der Waals surface area contributed by atoms with E-state index in [1.165, 1.54) is 0 Å². The summed E-state index contributed by atoms with van der Waals surface area (Å²) in [6, 6.07) is 13.7. The van der Waals surface area contributed by atoms with E-state index in [2.05, 4.69) is 30.6 Å². The molecule has 1 aromatic carbocycles. The summed E-state index contributed by atoms with van der Waals surface area (Å²) in [5, 5.41) is 18.3. The van der Waals surface area contributed by atoms with Crippen molar-refractivity contribution in [1.82, 2.24) is 20.4 Å². The second-order valence-corrected chi connectivity index (χ2v) is 6.83. The molecular formula is C20H22N6O. The summed E-state index contributed by atoms with van der Waals surface area (Å²) in [4.78, 5) is 14.9. The van der Waals surface area contributed by atoms with Crippen LogP contribution in [0.1, 0.15) is 18.5 Å². The molecular weight excluding hydrogens is 340 g/mol. The minimum Gasteiger partial charge on any atom is -0.355 e. The van der Waals surface area contributed by atoms with Gasteiger partial charge in [0.25, 0.3) is 0 Å². The average molecular weight is 362 g/mol. The van der Waals surface area contributed by atoms with Crippen LogP contribution < -0.4 is 10.2 Å². The quantitative estimate of drug-likeness (QED) is 0.745.